The molecule has 5 heteroatoms. The number of rotatable bonds is 8. The Morgan fingerprint density at radius 3 is 3.20 bits per heavy atom. The number of aliphatic hydroxyl groups excluding tert-OH is 1. The second kappa shape index (κ2) is 8.08. The van der Waals surface area contributed by atoms with Crippen molar-refractivity contribution in [2.24, 2.45) is 0 Å². The fourth-order valence-electron chi connectivity index (χ4n) is 2.87. The number of hydrogen-bond acceptors (Lipinski definition) is 5. The molecule has 0 amide bonds. The Morgan fingerprint density at radius 1 is 1.60 bits per heavy atom. The molecular weight excluding hydrogens is 272 g/mol. The predicted octanol–water partition coefficient (Wildman–Crippen LogP) is 2.98. The Morgan fingerprint density at radius 2 is 2.45 bits per heavy atom. The number of nitrogens with zero attached hydrogens (tertiary/aromatic N) is 2. The molecule has 0 aromatic carbocycles. The molecule has 0 aliphatic carbocycles. The summed E-state index contributed by atoms with van der Waals surface area (Å²) in [5.41, 5.74) is 1.16. The molecule has 1 aliphatic heterocycles. The van der Waals surface area contributed by atoms with E-state index in [1.54, 1.807) is 11.3 Å². The molecule has 2 atom stereocenters. The van der Waals surface area contributed by atoms with E-state index in [1.165, 1.54) is 12.8 Å². The summed E-state index contributed by atoms with van der Waals surface area (Å²) in [6.07, 6.45) is 4.63. The Kier molecular flexibility index (Phi) is 6.42. The van der Waals surface area contributed by atoms with Gasteiger partial charge in [-0.25, -0.2) is 4.98 Å². The zero-order valence-corrected chi connectivity index (χ0v) is 13.4. The summed E-state index contributed by atoms with van der Waals surface area (Å²) in [4.78, 5) is 7.22. The quantitative estimate of drug-likeness (QED) is 0.801. The predicted molar refractivity (Wildman–Crippen MR) is 81.9 cm³/mol. The van der Waals surface area contributed by atoms with E-state index in [-0.39, 0.29) is 6.10 Å². The Labute approximate surface area is 125 Å². The Balaban J connectivity index is 1.89. The van der Waals surface area contributed by atoms with Crippen LogP contribution in [0.4, 0.5) is 0 Å². The third kappa shape index (κ3) is 4.25. The number of ether oxygens (including phenoxy) is 1. The first-order valence-corrected chi connectivity index (χ1v) is 8.53. The number of thiazole rings is 1. The summed E-state index contributed by atoms with van der Waals surface area (Å²) in [6.45, 7) is 7.20. The van der Waals surface area contributed by atoms with Gasteiger partial charge in [-0.05, 0) is 46.1 Å². The highest BCUT2D eigenvalue weighted by atomic mass is 32.1. The minimum absolute atomic E-state index is 0.0995. The van der Waals surface area contributed by atoms with Gasteiger partial charge in [0.2, 0.25) is 0 Å². The van der Waals surface area contributed by atoms with Crippen molar-refractivity contribution < 1.29 is 9.84 Å². The zero-order valence-electron chi connectivity index (χ0n) is 12.5. The molecular formula is C15H26N2O2S. The fourth-order valence-corrected chi connectivity index (χ4v) is 3.68. The lowest BCUT2D eigenvalue weighted by molar-refractivity contribution is 0.0760. The van der Waals surface area contributed by atoms with E-state index in [0.717, 1.165) is 43.2 Å². The van der Waals surface area contributed by atoms with Crippen LogP contribution in [0.15, 0.2) is 5.38 Å². The van der Waals surface area contributed by atoms with E-state index >= 15 is 0 Å². The van der Waals surface area contributed by atoms with E-state index in [9.17, 15) is 0 Å². The first kappa shape index (κ1) is 15.9. The average molecular weight is 298 g/mol. The lowest BCUT2D eigenvalue weighted by Gasteiger charge is -2.23. The summed E-state index contributed by atoms with van der Waals surface area (Å²) in [7, 11) is 0. The van der Waals surface area contributed by atoms with Crippen LogP contribution in [0, 0.1) is 0 Å². The van der Waals surface area contributed by atoms with Crippen molar-refractivity contribution in [3.63, 3.8) is 0 Å². The smallest absolute Gasteiger partial charge is 0.122 e. The molecule has 1 aliphatic rings. The van der Waals surface area contributed by atoms with Gasteiger partial charge in [0.1, 0.15) is 11.1 Å². The third-order valence-electron chi connectivity index (χ3n) is 3.89. The van der Waals surface area contributed by atoms with Crippen molar-refractivity contribution in [2.45, 2.75) is 58.2 Å². The van der Waals surface area contributed by atoms with Gasteiger partial charge in [0, 0.05) is 31.2 Å². The van der Waals surface area contributed by atoms with Crippen LogP contribution in [-0.2, 0) is 11.3 Å². The molecule has 2 rings (SSSR count). The molecule has 0 spiro atoms. The van der Waals surface area contributed by atoms with Gasteiger partial charge in [-0.3, -0.25) is 4.90 Å². The summed E-state index contributed by atoms with van der Waals surface area (Å²) in [6, 6.07) is 0.622. The largest absolute Gasteiger partial charge is 0.396 e. The molecule has 114 valence electrons. The van der Waals surface area contributed by atoms with Gasteiger partial charge in [-0.1, -0.05) is 0 Å². The van der Waals surface area contributed by atoms with Crippen LogP contribution >= 0.6 is 11.3 Å². The summed E-state index contributed by atoms with van der Waals surface area (Å²) < 4.78 is 5.59. The minimum atomic E-state index is 0.0995. The van der Waals surface area contributed by atoms with Gasteiger partial charge in [-0.15, -0.1) is 11.3 Å². The van der Waals surface area contributed by atoms with Crippen LogP contribution in [0.1, 0.15) is 56.3 Å². The fraction of sp³-hybridized carbons (Fsp3) is 0.800. The highest BCUT2D eigenvalue weighted by molar-refractivity contribution is 7.09. The number of likely N-dealkylation sites (tertiary alicyclic amines) is 1. The van der Waals surface area contributed by atoms with Gasteiger partial charge < -0.3 is 9.84 Å². The molecule has 1 aromatic rings. The number of aromatic nitrogens is 1. The van der Waals surface area contributed by atoms with Crippen LogP contribution < -0.4 is 0 Å². The van der Waals surface area contributed by atoms with E-state index in [4.69, 9.17) is 14.8 Å². The maximum Gasteiger partial charge on any atom is 0.122 e. The molecule has 0 bridgehead atoms. The van der Waals surface area contributed by atoms with Gasteiger partial charge in [0.05, 0.1) is 5.69 Å². The third-order valence-corrected chi connectivity index (χ3v) is 4.95. The van der Waals surface area contributed by atoms with Crippen molar-refractivity contribution in [2.75, 3.05) is 19.8 Å². The highest BCUT2D eigenvalue weighted by Crippen LogP contribution is 2.26. The van der Waals surface area contributed by atoms with Gasteiger partial charge >= 0.3 is 0 Å². The van der Waals surface area contributed by atoms with Crippen molar-refractivity contribution >= 4 is 11.3 Å². The SMILES string of the molecule is CCOC(C)c1nc(CN2CCCC2CCCO)cs1. The van der Waals surface area contributed by atoms with E-state index in [2.05, 4.69) is 17.2 Å². The summed E-state index contributed by atoms with van der Waals surface area (Å²) in [5, 5.41) is 12.2. The monoisotopic (exact) mass is 298 g/mol. The second-order valence-corrected chi connectivity index (χ2v) is 6.30. The van der Waals surface area contributed by atoms with Gasteiger partial charge in [0.15, 0.2) is 0 Å². The number of hydrogen-bond donors (Lipinski definition) is 1. The lowest BCUT2D eigenvalue weighted by Crippen LogP contribution is -2.29. The average Bonchev–Trinajstić information content (AvgIpc) is 3.07. The van der Waals surface area contributed by atoms with Crippen LogP contribution in [0.25, 0.3) is 0 Å². The maximum atomic E-state index is 8.97. The molecule has 4 nitrogen and oxygen atoms in total. The molecule has 2 heterocycles. The molecule has 0 radical (unpaired) electrons. The summed E-state index contributed by atoms with van der Waals surface area (Å²) >= 11 is 1.70. The highest BCUT2D eigenvalue weighted by Gasteiger charge is 2.24. The first-order valence-electron chi connectivity index (χ1n) is 7.65. The molecule has 0 saturated carbocycles. The molecule has 2 unspecified atom stereocenters. The lowest BCUT2D eigenvalue weighted by atomic mass is 10.1. The zero-order chi connectivity index (χ0) is 14.4. The second-order valence-electron chi connectivity index (χ2n) is 5.41. The summed E-state index contributed by atoms with van der Waals surface area (Å²) in [5.74, 6) is 0. The molecule has 1 saturated heterocycles. The topological polar surface area (TPSA) is 45.6 Å². The maximum absolute atomic E-state index is 8.97. The van der Waals surface area contributed by atoms with Gasteiger partial charge in [0.25, 0.3) is 0 Å². The normalized spacial score (nSPS) is 21.4. The molecule has 1 aromatic heterocycles. The minimum Gasteiger partial charge on any atom is -0.396 e. The molecule has 20 heavy (non-hydrogen) atoms. The van der Waals surface area contributed by atoms with E-state index < -0.39 is 0 Å². The first-order chi connectivity index (χ1) is 9.74. The van der Waals surface area contributed by atoms with Crippen molar-refractivity contribution in [3.05, 3.63) is 16.1 Å². The van der Waals surface area contributed by atoms with Crippen molar-refractivity contribution in [1.29, 1.82) is 0 Å². The van der Waals surface area contributed by atoms with E-state index in [0.29, 0.717) is 12.6 Å². The Bertz CT molecular complexity index is 397. The van der Waals surface area contributed by atoms with Crippen LogP contribution in [-0.4, -0.2) is 40.8 Å². The van der Waals surface area contributed by atoms with E-state index in [1.807, 2.05) is 6.92 Å². The van der Waals surface area contributed by atoms with Crippen LogP contribution in [0.2, 0.25) is 0 Å². The Hall–Kier alpha value is -0.490. The van der Waals surface area contributed by atoms with Crippen molar-refractivity contribution in [1.82, 2.24) is 9.88 Å². The standard InChI is InChI=1S/C15H26N2O2S/c1-3-19-12(2)15-16-13(11-20-15)10-17-8-4-6-14(17)7-5-9-18/h11-12,14,18H,3-10H2,1-2H3. The molecule has 1 fully saturated rings. The number of aliphatic hydroxyl groups is 1. The van der Waals surface area contributed by atoms with Gasteiger partial charge in [-0.2, -0.15) is 0 Å². The van der Waals surface area contributed by atoms with Crippen LogP contribution in [0.5, 0.6) is 0 Å². The van der Waals surface area contributed by atoms with Crippen LogP contribution in [0.3, 0.4) is 0 Å². The molecule has 1 N–H and O–H groups in total. The van der Waals surface area contributed by atoms with Crippen molar-refractivity contribution in [3.8, 4) is 0 Å².